The van der Waals surface area contributed by atoms with Crippen LogP contribution in [0.25, 0.3) is 10.9 Å². The smallest absolute Gasteiger partial charge is 0.328 e. The fourth-order valence-electron chi connectivity index (χ4n) is 3.41. The number of carbonyl (C=O) groups excluding carboxylic acids is 4. The zero-order valence-electron chi connectivity index (χ0n) is 20.5. The summed E-state index contributed by atoms with van der Waals surface area (Å²) in [5.74, 6) is -2.28. The number of methoxy groups -OCH3 is 1. The third kappa shape index (κ3) is 6.81. The molecule has 36 heavy (non-hydrogen) atoms. The largest absolute Gasteiger partial charge is 0.467 e. The Labute approximate surface area is 211 Å². The highest BCUT2D eigenvalue weighted by Crippen LogP contribution is 2.25. The van der Waals surface area contributed by atoms with Gasteiger partial charge in [0.25, 0.3) is 11.8 Å². The van der Waals surface area contributed by atoms with Crippen molar-refractivity contribution in [1.82, 2.24) is 20.8 Å². The number of H-pyrrole nitrogens is 1. The molecule has 12 heteroatoms. The molecular weight excluding hydrogens is 486 g/mol. The second-order valence-electron chi connectivity index (χ2n) is 9.00. The van der Waals surface area contributed by atoms with E-state index >= 15 is 0 Å². The SMILES string of the molecule is COC(=O)[C@H](CCC(=O)OC(C)(C)C)NC(=O)c1sc(C(=O)NCc2cccc3[nH]ncc23)cc1N. The molecule has 1 aromatic carbocycles. The number of hydrogen-bond acceptors (Lipinski definition) is 9. The van der Waals surface area contributed by atoms with Crippen molar-refractivity contribution >= 4 is 51.7 Å². The summed E-state index contributed by atoms with van der Waals surface area (Å²) >= 11 is 0.898. The Morgan fingerprint density at radius 3 is 2.64 bits per heavy atom. The molecule has 0 fully saturated rings. The molecule has 0 saturated carbocycles. The van der Waals surface area contributed by atoms with Crippen molar-refractivity contribution < 1.29 is 28.7 Å². The predicted octanol–water partition coefficient (Wildman–Crippen LogP) is 2.53. The number of nitrogen functional groups attached to an aromatic ring is 1. The minimum atomic E-state index is -1.09. The lowest BCUT2D eigenvalue weighted by Crippen LogP contribution is -2.42. The Hall–Kier alpha value is -3.93. The molecule has 0 unspecified atom stereocenters. The van der Waals surface area contributed by atoms with Crippen molar-refractivity contribution in [3.63, 3.8) is 0 Å². The average Bonchev–Trinajstić information content (AvgIpc) is 3.45. The van der Waals surface area contributed by atoms with Crippen molar-refractivity contribution in [2.45, 2.75) is 51.8 Å². The van der Waals surface area contributed by atoms with E-state index in [9.17, 15) is 19.2 Å². The van der Waals surface area contributed by atoms with E-state index in [0.29, 0.717) is 0 Å². The van der Waals surface area contributed by atoms with Gasteiger partial charge in [0.1, 0.15) is 16.5 Å². The molecule has 192 valence electrons. The van der Waals surface area contributed by atoms with Crippen LogP contribution in [0.3, 0.4) is 0 Å². The van der Waals surface area contributed by atoms with Gasteiger partial charge in [-0.25, -0.2) is 4.79 Å². The Bertz CT molecular complexity index is 1280. The van der Waals surface area contributed by atoms with E-state index in [1.54, 1.807) is 27.0 Å². The second-order valence-corrected chi connectivity index (χ2v) is 10.1. The maximum Gasteiger partial charge on any atom is 0.328 e. The van der Waals surface area contributed by atoms with Crippen LogP contribution >= 0.6 is 11.3 Å². The van der Waals surface area contributed by atoms with Gasteiger partial charge in [-0.1, -0.05) is 12.1 Å². The zero-order chi connectivity index (χ0) is 26.5. The summed E-state index contributed by atoms with van der Waals surface area (Å²) in [4.78, 5) is 50.1. The van der Waals surface area contributed by atoms with Gasteiger partial charge in [0.2, 0.25) is 0 Å². The number of carbonyl (C=O) groups is 4. The number of anilines is 1. The molecule has 0 aliphatic carbocycles. The second kappa shape index (κ2) is 11.2. The highest BCUT2D eigenvalue weighted by molar-refractivity contribution is 7.16. The molecule has 1 atom stereocenters. The molecule has 0 radical (unpaired) electrons. The molecule has 0 spiro atoms. The lowest BCUT2D eigenvalue weighted by Gasteiger charge is -2.21. The van der Waals surface area contributed by atoms with Gasteiger partial charge in [-0.2, -0.15) is 5.10 Å². The Kier molecular flexibility index (Phi) is 8.30. The van der Waals surface area contributed by atoms with Crippen LogP contribution in [0.15, 0.2) is 30.5 Å². The molecular formula is C24H29N5O6S. The minimum absolute atomic E-state index is 0.0223. The number of nitrogens with two attached hydrogens (primary N) is 1. The van der Waals surface area contributed by atoms with Crippen molar-refractivity contribution in [2.75, 3.05) is 12.8 Å². The highest BCUT2D eigenvalue weighted by atomic mass is 32.1. The van der Waals surface area contributed by atoms with E-state index in [0.717, 1.165) is 27.8 Å². The lowest BCUT2D eigenvalue weighted by molar-refractivity contribution is -0.155. The fraction of sp³-hybridized carbons (Fsp3) is 0.375. The zero-order valence-corrected chi connectivity index (χ0v) is 21.3. The van der Waals surface area contributed by atoms with Crippen LogP contribution < -0.4 is 16.4 Å². The van der Waals surface area contributed by atoms with Crippen LogP contribution in [0.4, 0.5) is 5.69 Å². The van der Waals surface area contributed by atoms with Crippen molar-refractivity contribution in [2.24, 2.45) is 0 Å². The van der Waals surface area contributed by atoms with Crippen LogP contribution in [0.5, 0.6) is 0 Å². The molecule has 0 bridgehead atoms. The summed E-state index contributed by atoms with van der Waals surface area (Å²) in [5, 5.41) is 13.1. The predicted molar refractivity (Wildman–Crippen MR) is 134 cm³/mol. The molecule has 2 amide bonds. The van der Waals surface area contributed by atoms with Gasteiger partial charge >= 0.3 is 11.9 Å². The Balaban J connectivity index is 1.64. The number of aromatic nitrogens is 2. The number of thiophene rings is 1. The number of amides is 2. The summed E-state index contributed by atoms with van der Waals surface area (Å²) in [6, 6.07) is 5.93. The van der Waals surface area contributed by atoms with Gasteiger partial charge in [0, 0.05) is 18.4 Å². The topological polar surface area (TPSA) is 166 Å². The van der Waals surface area contributed by atoms with E-state index in [2.05, 4.69) is 20.8 Å². The number of nitrogens with one attached hydrogen (secondary N) is 3. The maximum absolute atomic E-state index is 12.9. The molecule has 0 aliphatic rings. The average molecular weight is 516 g/mol. The van der Waals surface area contributed by atoms with Crippen LogP contribution in [-0.2, 0) is 25.6 Å². The summed E-state index contributed by atoms with van der Waals surface area (Å²) in [6.45, 7) is 5.45. The van der Waals surface area contributed by atoms with Gasteiger partial charge in [0.05, 0.1) is 29.4 Å². The monoisotopic (exact) mass is 515 g/mol. The molecule has 2 aromatic heterocycles. The minimum Gasteiger partial charge on any atom is -0.467 e. The van der Waals surface area contributed by atoms with E-state index < -0.39 is 35.4 Å². The molecule has 5 N–H and O–H groups in total. The third-order valence-corrected chi connectivity index (χ3v) is 6.20. The van der Waals surface area contributed by atoms with Crippen molar-refractivity contribution in [3.05, 3.63) is 45.8 Å². The first-order valence-corrected chi connectivity index (χ1v) is 12.0. The summed E-state index contributed by atoms with van der Waals surface area (Å²) in [7, 11) is 1.18. The van der Waals surface area contributed by atoms with Gasteiger partial charge in [-0.05, 0) is 44.9 Å². The highest BCUT2D eigenvalue weighted by Gasteiger charge is 2.27. The van der Waals surface area contributed by atoms with Crippen molar-refractivity contribution in [3.8, 4) is 0 Å². The van der Waals surface area contributed by atoms with E-state index in [1.165, 1.54) is 13.2 Å². The molecule has 2 heterocycles. The van der Waals surface area contributed by atoms with Crippen LogP contribution in [0.2, 0.25) is 0 Å². The van der Waals surface area contributed by atoms with Crippen molar-refractivity contribution in [1.29, 1.82) is 0 Å². The number of nitrogens with zero attached hydrogens (tertiary/aromatic N) is 1. The van der Waals surface area contributed by atoms with Crippen LogP contribution in [0.1, 0.15) is 58.5 Å². The maximum atomic E-state index is 12.9. The number of hydrogen-bond donors (Lipinski definition) is 4. The molecule has 0 aliphatic heterocycles. The van der Waals surface area contributed by atoms with Gasteiger partial charge in [0.15, 0.2) is 0 Å². The summed E-state index contributed by atoms with van der Waals surface area (Å²) in [5.41, 5.74) is 7.14. The normalized spacial score (nSPS) is 12.1. The number of aromatic amines is 1. The number of esters is 2. The fourth-order valence-corrected chi connectivity index (χ4v) is 4.31. The quantitative estimate of drug-likeness (QED) is 0.316. The number of ether oxygens (including phenoxy) is 2. The molecule has 0 saturated heterocycles. The molecule has 3 aromatic rings. The molecule has 11 nitrogen and oxygen atoms in total. The number of fused-ring (bicyclic) bond motifs is 1. The number of benzene rings is 1. The number of rotatable bonds is 9. The summed E-state index contributed by atoms with van der Waals surface area (Å²) < 4.78 is 9.99. The first-order valence-electron chi connectivity index (χ1n) is 11.2. The third-order valence-electron chi connectivity index (χ3n) is 5.05. The van der Waals surface area contributed by atoms with Gasteiger partial charge in [-0.15, -0.1) is 11.3 Å². The van der Waals surface area contributed by atoms with Crippen LogP contribution in [0, 0.1) is 0 Å². The van der Waals surface area contributed by atoms with E-state index in [-0.39, 0.29) is 34.8 Å². The standard InChI is InChI=1S/C24H29N5O6S/c1-24(2,3)35-19(30)9-8-17(23(33)34-4)28-22(32)20-15(25)10-18(36-20)21(31)26-11-13-6-5-7-16-14(13)12-27-29-16/h5-7,10,12,17H,8-9,11,25H2,1-4H3,(H,26,31)(H,27,29)(H,28,32)/t17-/m0/s1. The first kappa shape index (κ1) is 26.7. The van der Waals surface area contributed by atoms with Gasteiger partial charge < -0.3 is 25.8 Å². The lowest BCUT2D eigenvalue weighted by atomic mass is 10.1. The van der Waals surface area contributed by atoms with E-state index in [1.807, 2.05) is 18.2 Å². The Morgan fingerprint density at radius 2 is 1.94 bits per heavy atom. The van der Waals surface area contributed by atoms with Gasteiger partial charge in [-0.3, -0.25) is 19.5 Å². The Morgan fingerprint density at radius 1 is 1.19 bits per heavy atom. The first-order chi connectivity index (χ1) is 17.0. The van der Waals surface area contributed by atoms with E-state index in [4.69, 9.17) is 15.2 Å². The van der Waals surface area contributed by atoms with Crippen LogP contribution in [-0.4, -0.2) is 52.7 Å². The summed E-state index contributed by atoms with van der Waals surface area (Å²) in [6.07, 6.45) is 1.56. The molecule has 3 rings (SSSR count).